The van der Waals surface area contributed by atoms with Crippen LogP contribution in [0.15, 0.2) is 76.5 Å². The van der Waals surface area contributed by atoms with E-state index in [-0.39, 0.29) is 17.6 Å². The van der Waals surface area contributed by atoms with Crippen LogP contribution >= 0.6 is 11.3 Å². The zero-order chi connectivity index (χ0) is 21.2. The molecule has 0 radical (unpaired) electrons. The van der Waals surface area contributed by atoms with E-state index >= 15 is 0 Å². The summed E-state index contributed by atoms with van der Waals surface area (Å²) in [5.74, 6) is -0.269. The summed E-state index contributed by atoms with van der Waals surface area (Å²) in [4.78, 5) is 30.7. The smallest absolute Gasteiger partial charge is 0.291 e. The van der Waals surface area contributed by atoms with Gasteiger partial charge in [-0.2, -0.15) is 0 Å². The van der Waals surface area contributed by atoms with Crippen molar-refractivity contribution in [3.63, 3.8) is 0 Å². The Morgan fingerprint density at radius 2 is 1.61 bits per heavy atom. The first-order chi connectivity index (χ1) is 15.2. The molecule has 6 nitrogen and oxygen atoms in total. The number of nitrogens with zero attached hydrogens (tertiary/aromatic N) is 2. The summed E-state index contributed by atoms with van der Waals surface area (Å²) in [6.07, 6.45) is 0. The van der Waals surface area contributed by atoms with Gasteiger partial charge in [0.2, 0.25) is 5.76 Å². The van der Waals surface area contributed by atoms with Gasteiger partial charge in [0.1, 0.15) is 11.3 Å². The summed E-state index contributed by atoms with van der Waals surface area (Å²) in [6.45, 7) is 2.66. The van der Waals surface area contributed by atoms with E-state index in [0.717, 1.165) is 24.2 Å². The van der Waals surface area contributed by atoms with Gasteiger partial charge < -0.3 is 19.5 Å². The lowest BCUT2D eigenvalue weighted by molar-refractivity contribution is 0.0718. The van der Waals surface area contributed by atoms with E-state index in [9.17, 15) is 9.59 Å². The first-order valence-electron chi connectivity index (χ1n) is 10.2. The standard InChI is InChI=1S/C24H21N3O3S/c28-23(20-11-6-16-31-20)25-21-18-9-4-5-10-19(18)30-22(21)24(29)27-14-12-26(13-15-27)17-7-2-1-3-8-17/h1-11,16H,12-15H2,(H,25,28). The zero-order valence-corrected chi connectivity index (χ0v) is 17.6. The molecule has 0 bridgehead atoms. The second-order valence-electron chi connectivity index (χ2n) is 7.35. The van der Waals surface area contributed by atoms with E-state index in [1.807, 2.05) is 47.8 Å². The molecular formula is C24H21N3O3S. The Balaban J connectivity index is 1.39. The minimum absolute atomic E-state index is 0.180. The van der Waals surface area contributed by atoms with E-state index < -0.39 is 0 Å². The van der Waals surface area contributed by atoms with Crippen molar-refractivity contribution in [2.24, 2.45) is 0 Å². The van der Waals surface area contributed by atoms with Crippen LogP contribution in [0, 0.1) is 0 Å². The molecule has 0 unspecified atom stereocenters. The molecule has 3 heterocycles. The molecule has 1 N–H and O–H groups in total. The van der Waals surface area contributed by atoms with Crippen LogP contribution in [0.2, 0.25) is 0 Å². The first-order valence-corrected chi connectivity index (χ1v) is 11.0. The van der Waals surface area contributed by atoms with E-state index in [1.54, 1.807) is 17.0 Å². The summed E-state index contributed by atoms with van der Waals surface area (Å²) < 4.78 is 5.93. The van der Waals surface area contributed by atoms with E-state index in [2.05, 4.69) is 22.3 Å². The quantitative estimate of drug-likeness (QED) is 0.508. The van der Waals surface area contributed by atoms with Crippen LogP contribution in [-0.2, 0) is 0 Å². The molecule has 0 spiro atoms. The molecule has 7 heteroatoms. The number of carbonyl (C=O) groups excluding carboxylic acids is 2. The average Bonchev–Trinajstić information content (AvgIpc) is 3.48. The van der Waals surface area contributed by atoms with Gasteiger partial charge in [0.15, 0.2) is 0 Å². The van der Waals surface area contributed by atoms with Crippen LogP contribution in [0.3, 0.4) is 0 Å². The van der Waals surface area contributed by atoms with E-state index in [1.165, 1.54) is 11.3 Å². The number of fused-ring (bicyclic) bond motifs is 1. The molecule has 2 amide bonds. The molecule has 2 aromatic carbocycles. The number of thiophene rings is 1. The second kappa shape index (κ2) is 8.28. The van der Waals surface area contributed by atoms with Gasteiger partial charge in [-0.15, -0.1) is 11.3 Å². The highest BCUT2D eigenvalue weighted by Crippen LogP contribution is 2.33. The molecule has 5 rings (SSSR count). The molecule has 1 aliphatic heterocycles. The van der Waals surface area contributed by atoms with Crippen molar-refractivity contribution in [3.05, 3.63) is 82.7 Å². The van der Waals surface area contributed by atoms with Crippen molar-refractivity contribution < 1.29 is 14.0 Å². The zero-order valence-electron chi connectivity index (χ0n) is 16.8. The van der Waals surface area contributed by atoms with E-state index in [4.69, 9.17) is 4.42 Å². The summed E-state index contributed by atoms with van der Waals surface area (Å²) in [6, 6.07) is 21.1. The second-order valence-corrected chi connectivity index (χ2v) is 8.30. The topological polar surface area (TPSA) is 65.8 Å². The van der Waals surface area contributed by atoms with Crippen LogP contribution < -0.4 is 10.2 Å². The average molecular weight is 432 g/mol. The Morgan fingerprint density at radius 1 is 0.871 bits per heavy atom. The van der Waals surface area contributed by atoms with Crippen LogP contribution in [0.4, 0.5) is 11.4 Å². The minimum atomic E-state index is -0.246. The largest absolute Gasteiger partial charge is 0.449 e. The molecule has 4 aromatic rings. The molecule has 156 valence electrons. The third-order valence-corrected chi connectivity index (χ3v) is 6.33. The number of carbonyl (C=O) groups is 2. The fourth-order valence-electron chi connectivity index (χ4n) is 3.85. The molecule has 0 atom stereocenters. The first kappa shape index (κ1) is 19.4. The number of para-hydroxylation sites is 2. The van der Waals surface area contributed by atoms with E-state index in [0.29, 0.717) is 29.2 Å². The predicted molar refractivity (Wildman–Crippen MR) is 123 cm³/mol. The third kappa shape index (κ3) is 3.80. The number of benzene rings is 2. The molecule has 1 saturated heterocycles. The Labute approximate surface area is 183 Å². The van der Waals surface area contributed by atoms with Crippen LogP contribution in [-0.4, -0.2) is 42.9 Å². The number of amides is 2. The molecular weight excluding hydrogens is 410 g/mol. The summed E-state index contributed by atoms with van der Waals surface area (Å²) >= 11 is 1.36. The predicted octanol–water partition coefficient (Wildman–Crippen LogP) is 4.71. The third-order valence-electron chi connectivity index (χ3n) is 5.46. The Bertz CT molecular complexity index is 1210. The van der Waals surface area contributed by atoms with Crippen molar-refractivity contribution in [2.75, 3.05) is 36.4 Å². The fourth-order valence-corrected chi connectivity index (χ4v) is 4.47. The highest BCUT2D eigenvalue weighted by Gasteiger charge is 2.29. The lowest BCUT2D eigenvalue weighted by Gasteiger charge is -2.35. The van der Waals surface area contributed by atoms with Crippen molar-refractivity contribution in [3.8, 4) is 0 Å². The van der Waals surface area contributed by atoms with Crippen LogP contribution in [0.5, 0.6) is 0 Å². The highest BCUT2D eigenvalue weighted by molar-refractivity contribution is 7.12. The fraction of sp³-hybridized carbons (Fsp3) is 0.167. The Hall–Kier alpha value is -3.58. The number of hydrogen-bond acceptors (Lipinski definition) is 5. The molecule has 31 heavy (non-hydrogen) atoms. The van der Waals surface area contributed by atoms with Crippen molar-refractivity contribution >= 4 is 45.5 Å². The summed E-state index contributed by atoms with van der Waals surface area (Å²) in [5.41, 5.74) is 2.17. The molecule has 2 aromatic heterocycles. The van der Waals surface area contributed by atoms with Gasteiger partial charge in [-0.25, -0.2) is 0 Å². The molecule has 0 saturated carbocycles. The monoisotopic (exact) mass is 431 g/mol. The van der Waals surface area contributed by atoms with Gasteiger partial charge in [-0.1, -0.05) is 36.4 Å². The van der Waals surface area contributed by atoms with Crippen molar-refractivity contribution in [1.29, 1.82) is 0 Å². The van der Waals surface area contributed by atoms with Gasteiger partial charge in [-0.05, 0) is 35.7 Å². The summed E-state index contributed by atoms with van der Waals surface area (Å²) in [7, 11) is 0. The van der Waals surface area contributed by atoms with Gasteiger partial charge in [0.05, 0.1) is 4.88 Å². The number of furan rings is 1. The maximum atomic E-state index is 13.4. The normalized spacial score (nSPS) is 14.1. The Morgan fingerprint density at radius 3 is 2.35 bits per heavy atom. The molecule has 1 fully saturated rings. The molecule has 1 aliphatic rings. The van der Waals surface area contributed by atoms with Gasteiger partial charge in [0, 0.05) is 37.3 Å². The lowest BCUT2D eigenvalue weighted by atomic mass is 10.2. The highest BCUT2D eigenvalue weighted by atomic mass is 32.1. The van der Waals surface area contributed by atoms with Crippen molar-refractivity contribution in [1.82, 2.24) is 4.90 Å². The SMILES string of the molecule is O=C(Nc1c(C(=O)N2CCN(c3ccccc3)CC2)oc2ccccc12)c1cccs1. The van der Waals surface area contributed by atoms with Gasteiger partial charge in [0.25, 0.3) is 11.8 Å². The number of rotatable bonds is 4. The van der Waals surface area contributed by atoms with Crippen molar-refractivity contribution in [2.45, 2.75) is 0 Å². The Kier molecular flexibility index (Phi) is 5.18. The van der Waals surface area contributed by atoms with Crippen LogP contribution in [0.1, 0.15) is 20.2 Å². The maximum Gasteiger partial charge on any atom is 0.291 e. The number of nitrogens with one attached hydrogen (secondary N) is 1. The van der Waals surface area contributed by atoms with Gasteiger partial charge >= 0.3 is 0 Å². The van der Waals surface area contributed by atoms with Gasteiger partial charge in [-0.3, -0.25) is 9.59 Å². The number of piperazine rings is 1. The lowest BCUT2D eigenvalue weighted by Crippen LogP contribution is -2.48. The summed E-state index contributed by atoms with van der Waals surface area (Å²) in [5, 5.41) is 5.48. The minimum Gasteiger partial charge on any atom is -0.449 e. The molecule has 0 aliphatic carbocycles. The number of hydrogen-bond donors (Lipinski definition) is 1. The number of anilines is 2. The maximum absolute atomic E-state index is 13.4. The van der Waals surface area contributed by atoms with Crippen LogP contribution in [0.25, 0.3) is 11.0 Å².